The van der Waals surface area contributed by atoms with Crippen molar-refractivity contribution in [2.45, 2.75) is 16.7 Å². The van der Waals surface area contributed by atoms with Gasteiger partial charge < -0.3 is 14.6 Å². The lowest BCUT2D eigenvalue weighted by atomic mass is 10.2. The van der Waals surface area contributed by atoms with Crippen LogP contribution in [-0.4, -0.2) is 30.8 Å². The van der Waals surface area contributed by atoms with Gasteiger partial charge in [-0.2, -0.15) is 0 Å². The van der Waals surface area contributed by atoms with Gasteiger partial charge in [-0.25, -0.2) is 9.59 Å². The molecule has 0 aliphatic heterocycles. The van der Waals surface area contributed by atoms with E-state index >= 15 is 0 Å². The Morgan fingerprint density at radius 2 is 1.74 bits per heavy atom. The van der Waals surface area contributed by atoms with Gasteiger partial charge in [0, 0.05) is 4.90 Å². The molecule has 120 valence electrons. The van der Waals surface area contributed by atoms with Crippen LogP contribution in [0.4, 0.5) is 0 Å². The molecule has 2 aromatic carbocycles. The first-order valence-electron chi connectivity index (χ1n) is 6.91. The number of rotatable bonds is 6. The smallest absolute Gasteiger partial charge is 0.338 e. The largest absolute Gasteiger partial charge is 0.496 e. The lowest BCUT2D eigenvalue weighted by Gasteiger charge is -2.09. The van der Waals surface area contributed by atoms with Crippen LogP contribution in [-0.2, 0) is 4.74 Å². The first-order valence-corrected chi connectivity index (χ1v) is 7.73. The van der Waals surface area contributed by atoms with Crippen LogP contribution in [0.1, 0.15) is 27.6 Å². The van der Waals surface area contributed by atoms with Gasteiger partial charge in [-0.15, -0.1) is 0 Å². The van der Waals surface area contributed by atoms with Crippen LogP contribution >= 0.6 is 11.8 Å². The number of benzene rings is 2. The van der Waals surface area contributed by atoms with E-state index in [9.17, 15) is 9.59 Å². The molecule has 23 heavy (non-hydrogen) atoms. The molecule has 5 nitrogen and oxygen atoms in total. The van der Waals surface area contributed by atoms with E-state index in [1.807, 2.05) is 12.1 Å². The second kappa shape index (κ2) is 7.69. The molecule has 0 fully saturated rings. The highest BCUT2D eigenvalue weighted by atomic mass is 32.2. The summed E-state index contributed by atoms with van der Waals surface area (Å²) in [4.78, 5) is 24.3. The number of hydrogen-bond donors (Lipinski definition) is 1. The van der Waals surface area contributed by atoms with E-state index in [2.05, 4.69) is 0 Å². The number of carbonyl (C=O) groups is 2. The Bertz CT molecular complexity index is 709. The third kappa shape index (κ3) is 4.26. The molecular formula is C17H16O5S. The summed E-state index contributed by atoms with van der Waals surface area (Å²) in [6.45, 7) is 2.09. The maximum absolute atomic E-state index is 11.6. The van der Waals surface area contributed by atoms with Crippen molar-refractivity contribution < 1.29 is 24.2 Å². The number of carboxylic acid groups (broad SMARTS) is 1. The van der Waals surface area contributed by atoms with Crippen LogP contribution in [0.5, 0.6) is 5.75 Å². The third-order valence-corrected chi connectivity index (χ3v) is 4.07. The Morgan fingerprint density at radius 1 is 1.09 bits per heavy atom. The molecule has 0 unspecified atom stereocenters. The van der Waals surface area contributed by atoms with Crippen molar-refractivity contribution in [3.05, 3.63) is 53.6 Å². The number of carboxylic acids is 1. The molecule has 0 aromatic heterocycles. The van der Waals surface area contributed by atoms with E-state index in [0.717, 1.165) is 9.79 Å². The summed E-state index contributed by atoms with van der Waals surface area (Å²) in [6.07, 6.45) is 0. The predicted molar refractivity (Wildman–Crippen MR) is 86.5 cm³/mol. The molecule has 6 heteroatoms. The van der Waals surface area contributed by atoms with E-state index in [1.165, 1.54) is 31.0 Å². The SMILES string of the molecule is CCOC(=O)c1ccc(Sc2ccc(C(=O)O)cc2OC)cc1. The lowest BCUT2D eigenvalue weighted by Crippen LogP contribution is -2.03. The van der Waals surface area contributed by atoms with Crippen LogP contribution in [0.3, 0.4) is 0 Å². The lowest BCUT2D eigenvalue weighted by molar-refractivity contribution is 0.0525. The van der Waals surface area contributed by atoms with Gasteiger partial charge in [0.1, 0.15) is 5.75 Å². The zero-order valence-electron chi connectivity index (χ0n) is 12.7. The van der Waals surface area contributed by atoms with E-state index < -0.39 is 5.97 Å². The topological polar surface area (TPSA) is 72.8 Å². The van der Waals surface area contributed by atoms with Gasteiger partial charge in [0.2, 0.25) is 0 Å². The maximum Gasteiger partial charge on any atom is 0.338 e. The number of ether oxygens (including phenoxy) is 2. The molecule has 0 aliphatic carbocycles. The molecule has 1 N–H and O–H groups in total. The number of esters is 1. The van der Waals surface area contributed by atoms with Crippen LogP contribution < -0.4 is 4.74 Å². The van der Waals surface area contributed by atoms with Gasteiger partial charge in [-0.3, -0.25) is 0 Å². The minimum atomic E-state index is -1.00. The molecule has 0 radical (unpaired) electrons. The minimum absolute atomic E-state index is 0.170. The molecule has 0 spiro atoms. The van der Waals surface area contributed by atoms with Crippen molar-refractivity contribution in [2.24, 2.45) is 0 Å². The fourth-order valence-corrected chi connectivity index (χ4v) is 2.79. The molecule has 0 bridgehead atoms. The molecule has 0 atom stereocenters. The van der Waals surface area contributed by atoms with E-state index in [4.69, 9.17) is 14.6 Å². The molecular weight excluding hydrogens is 316 g/mol. The van der Waals surface area contributed by atoms with Gasteiger partial charge in [0.25, 0.3) is 0 Å². The average molecular weight is 332 g/mol. The molecule has 2 aromatic rings. The van der Waals surface area contributed by atoms with Gasteiger partial charge >= 0.3 is 11.9 Å². The maximum atomic E-state index is 11.6. The predicted octanol–water partition coefficient (Wildman–Crippen LogP) is 3.72. The van der Waals surface area contributed by atoms with Crippen molar-refractivity contribution in [2.75, 3.05) is 13.7 Å². The zero-order valence-corrected chi connectivity index (χ0v) is 13.6. The monoisotopic (exact) mass is 332 g/mol. The standard InChI is InChI=1S/C17H16O5S/c1-3-22-17(20)11-4-7-13(8-5-11)23-15-9-6-12(16(18)19)10-14(15)21-2/h4-10H,3H2,1-2H3,(H,18,19). The molecule has 0 aliphatic rings. The summed E-state index contributed by atoms with van der Waals surface area (Å²) in [5.74, 6) is -0.865. The summed E-state index contributed by atoms with van der Waals surface area (Å²) in [6, 6.07) is 11.7. The first-order chi connectivity index (χ1) is 11.0. The Morgan fingerprint density at radius 3 is 2.30 bits per heavy atom. The van der Waals surface area contributed by atoms with Gasteiger partial charge in [-0.1, -0.05) is 11.8 Å². The van der Waals surface area contributed by atoms with E-state index in [-0.39, 0.29) is 11.5 Å². The van der Waals surface area contributed by atoms with Crippen molar-refractivity contribution in [3.8, 4) is 5.75 Å². The Hall–Kier alpha value is -2.47. The highest BCUT2D eigenvalue weighted by Gasteiger charge is 2.11. The van der Waals surface area contributed by atoms with Gasteiger partial charge in [0.15, 0.2) is 0 Å². The molecule has 0 saturated heterocycles. The summed E-state index contributed by atoms with van der Waals surface area (Å²) >= 11 is 1.42. The summed E-state index contributed by atoms with van der Waals surface area (Å²) in [5.41, 5.74) is 0.660. The van der Waals surface area contributed by atoms with Crippen molar-refractivity contribution in [3.63, 3.8) is 0 Å². The van der Waals surface area contributed by atoms with E-state index in [0.29, 0.717) is 17.9 Å². The summed E-state index contributed by atoms with van der Waals surface area (Å²) in [7, 11) is 1.49. The fraction of sp³-hybridized carbons (Fsp3) is 0.176. The van der Waals surface area contributed by atoms with Gasteiger partial charge in [0.05, 0.1) is 29.7 Å². The first kappa shape index (κ1) is 16.9. The van der Waals surface area contributed by atoms with Gasteiger partial charge in [-0.05, 0) is 49.4 Å². The second-order valence-electron chi connectivity index (χ2n) is 4.52. The van der Waals surface area contributed by atoms with Crippen LogP contribution in [0.2, 0.25) is 0 Å². The summed E-state index contributed by atoms with van der Waals surface area (Å²) < 4.78 is 10.2. The third-order valence-electron chi connectivity index (χ3n) is 3.00. The average Bonchev–Trinajstić information content (AvgIpc) is 2.56. The number of carbonyl (C=O) groups excluding carboxylic acids is 1. The molecule has 2 rings (SSSR count). The number of hydrogen-bond acceptors (Lipinski definition) is 5. The zero-order chi connectivity index (χ0) is 16.8. The van der Waals surface area contributed by atoms with Crippen LogP contribution in [0.15, 0.2) is 52.3 Å². The number of aromatic carboxylic acids is 1. The van der Waals surface area contributed by atoms with Crippen LogP contribution in [0.25, 0.3) is 0 Å². The van der Waals surface area contributed by atoms with Crippen molar-refractivity contribution in [1.29, 1.82) is 0 Å². The molecule has 0 saturated carbocycles. The molecule has 0 amide bonds. The second-order valence-corrected chi connectivity index (χ2v) is 5.63. The highest BCUT2D eigenvalue weighted by molar-refractivity contribution is 7.99. The fourth-order valence-electron chi connectivity index (χ4n) is 1.89. The Labute approximate surface area is 138 Å². The Kier molecular flexibility index (Phi) is 5.65. The molecule has 0 heterocycles. The van der Waals surface area contributed by atoms with Crippen molar-refractivity contribution >= 4 is 23.7 Å². The Balaban J connectivity index is 2.19. The van der Waals surface area contributed by atoms with Crippen molar-refractivity contribution in [1.82, 2.24) is 0 Å². The van der Waals surface area contributed by atoms with Crippen LogP contribution in [0, 0.1) is 0 Å². The minimum Gasteiger partial charge on any atom is -0.496 e. The summed E-state index contributed by atoms with van der Waals surface area (Å²) in [5, 5.41) is 9.01. The van der Waals surface area contributed by atoms with E-state index in [1.54, 1.807) is 25.1 Å². The quantitative estimate of drug-likeness (QED) is 0.813. The number of methoxy groups -OCH3 is 1. The normalized spacial score (nSPS) is 10.2. The highest BCUT2D eigenvalue weighted by Crippen LogP contribution is 2.35.